The summed E-state index contributed by atoms with van der Waals surface area (Å²) in [4.78, 5) is 22.6. The lowest BCUT2D eigenvalue weighted by molar-refractivity contribution is -0.141. The average Bonchev–Trinajstić information content (AvgIpc) is 2.34. The number of nitrogen functional groups attached to an aromatic ring is 1. The van der Waals surface area contributed by atoms with E-state index in [0.717, 1.165) is 9.13 Å². The molecule has 0 fully saturated rings. The van der Waals surface area contributed by atoms with E-state index in [1.165, 1.54) is 14.2 Å². The highest BCUT2D eigenvalue weighted by Gasteiger charge is 2.14. The maximum atomic E-state index is 11.3. The minimum atomic E-state index is -0.373. The molecule has 2 N–H and O–H groups in total. The monoisotopic (exact) mass is 363 g/mol. The summed E-state index contributed by atoms with van der Waals surface area (Å²) in [5.74, 6) is -0.733. The quantitative estimate of drug-likeness (QED) is 0.496. The molecule has 0 spiro atoms. The van der Waals surface area contributed by atoms with Crippen LogP contribution in [0.4, 0.5) is 5.69 Å². The van der Waals surface area contributed by atoms with Crippen molar-refractivity contribution in [3.05, 3.63) is 26.8 Å². The summed E-state index contributed by atoms with van der Waals surface area (Å²) in [6.07, 6.45) is 0.197. The first kappa shape index (κ1) is 14.7. The van der Waals surface area contributed by atoms with E-state index in [1.54, 1.807) is 12.1 Å². The second-order valence-corrected chi connectivity index (χ2v) is 4.81. The second-order valence-electron chi connectivity index (χ2n) is 3.65. The average molecular weight is 363 g/mol. The molecule has 0 aliphatic rings. The van der Waals surface area contributed by atoms with Gasteiger partial charge in [-0.15, -0.1) is 0 Å². The van der Waals surface area contributed by atoms with Gasteiger partial charge in [0.1, 0.15) is 0 Å². The molecule has 0 saturated carbocycles. The van der Waals surface area contributed by atoms with Crippen LogP contribution in [-0.2, 0) is 31.9 Å². The molecule has 0 bridgehead atoms. The van der Waals surface area contributed by atoms with Gasteiger partial charge in [-0.3, -0.25) is 9.59 Å². The Morgan fingerprint density at radius 3 is 2.00 bits per heavy atom. The van der Waals surface area contributed by atoms with Crippen LogP contribution in [0.2, 0.25) is 0 Å². The molecule has 0 unspecified atom stereocenters. The van der Waals surface area contributed by atoms with Crippen molar-refractivity contribution in [3.63, 3.8) is 0 Å². The first-order valence-electron chi connectivity index (χ1n) is 5.18. The molecule has 1 aromatic carbocycles. The summed E-state index contributed by atoms with van der Waals surface area (Å²) in [6, 6.07) is 3.47. The third-order valence-corrected chi connectivity index (χ3v) is 3.38. The van der Waals surface area contributed by atoms with Crippen LogP contribution in [0.25, 0.3) is 0 Å². The molecule has 1 rings (SSSR count). The fourth-order valence-electron chi connectivity index (χ4n) is 1.46. The standard InChI is InChI=1S/C12H14INO4/c1-17-11(15)5-7-3-9(13)10(14)4-8(7)6-12(16)18-2/h3-4H,5-6,14H2,1-2H3. The molecule has 98 valence electrons. The molecule has 0 heterocycles. The van der Waals surface area contributed by atoms with Crippen LogP contribution in [0.3, 0.4) is 0 Å². The minimum absolute atomic E-state index is 0.0872. The molecule has 18 heavy (non-hydrogen) atoms. The van der Waals surface area contributed by atoms with Crippen molar-refractivity contribution in [1.82, 2.24) is 0 Å². The van der Waals surface area contributed by atoms with Crippen LogP contribution in [0, 0.1) is 3.57 Å². The van der Waals surface area contributed by atoms with Gasteiger partial charge >= 0.3 is 11.9 Å². The van der Waals surface area contributed by atoms with Gasteiger partial charge in [0.2, 0.25) is 0 Å². The maximum Gasteiger partial charge on any atom is 0.309 e. The lowest BCUT2D eigenvalue weighted by Gasteiger charge is -2.10. The topological polar surface area (TPSA) is 78.6 Å². The Morgan fingerprint density at radius 2 is 1.56 bits per heavy atom. The molecule has 5 nitrogen and oxygen atoms in total. The number of carbonyl (C=O) groups is 2. The van der Waals surface area contributed by atoms with E-state index in [9.17, 15) is 9.59 Å². The number of carbonyl (C=O) groups excluding carboxylic acids is 2. The number of benzene rings is 1. The van der Waals surface area contributed by atoms with Gasteiger partial charge in [0, 0.05) is 9.26 Å². The number of hydrogen-bond donors (Lipinski definition) is 1. The number of methoxy groups -OCH3 is 2. The third-order valence-electron chi connectivity index (χ3n) is 2.44. The number of ether oxygens (including phenoxy) is 2. The van der Waals surface area contributed by atoms with Crippen LogP contribution in [0.1, 0.15) is 11.1 Å². The minimum Gasteiger partial charge on any atom is -0.469 e. The van der Waals surface area contributed by atoms with Gasteiger partial charge in [0.05, 0.1) is 27.1 Å². The van der Waals surface area contributed by atoms with Crippen LogP contribution in [-0.4, -0.2) is 26.2 Å². The zero-order chi connectivity index (χ0) is 13.7. The van der Waals surface area contributed by atoms with Gasteiger partial charge in [0.25, 0.3) is 0 Å². The van der Waals surface area contributed by atoms with Gasteiger partial charge in [-0.2, -0.15) is 0 Å². The molecule has 0 aliphatic heterocycles. The first-order chi connectivity index (χ1) is 8.47. The molecule has 0 aliphatic carbocycles. The van der Waals surface area contributed by atoms with E-state index >= 15 is 0 Å². The molecular weight excluding hydrogens is 349 g/mol. The molecule has 0 atom stereocenters. The predicted octanol–water partition coefficient (Wildman–Crippen LogP) is 1.30. The van der Waals surface area contributed by atoms with Crippen LogP contribution in [0.5, 0.6) is 0 Å². The smallest absolute Gasteiger partial charge is 0.309 e. The van der Waals surface area contributed by atoms with E-state index in [4.69, 9.17) is 5.73 Å². The lowest BCUT2D eigenvalue weighted by atomic mass is 10.0. The Balaban J connectivity index is 3.08. The van der Waals surface area contributed by atoms with Crippen LogP contribution in [0.15, 0.2) is 12.1 Å². The fraction of sp³-hybridized carbons (Fsp3) is 0.333. The predicted molar refractivity (Wildman–Crippen MR) is 75.0 cm³/mol. The van der Waals surface area contributed by atoms with E-state index in [0.29, 0.717) is 11.3 Å². The summed E-state index contributed by atoms with van der Waals surface area (Å²) in [7, 11) is 2.64. The number of nitrogens with two attached hydrogens (primary N) is 1. The van der Waals surface area contributed by atoms with Crippen molar-refractivity contribution in [2.75, 3.05) is 20.0 Å². The lowest BCUT2D eigenvalue weighted by Crippen LogP contribution is -2.12. The number of anilines is 1. The zero-order valence-electron chi connectivity index (χ0n) is 10.2. The Kier molecular flexibility index (Phi) is 5.39. The molecule has 6 heteroatoms. The maximum absolute atomic E-state index is 11.3. The summed E-state index contributed by atoms with van der Waals surface area (Å²) < 4.78 is 10.1. The van der Waals surface area contributed by atoms with Crippen LogP contribution < -0.4 is 5.73 Å². The number of rotatable bonds is 4. The van der Waals surface area contributed by atoms with Crippen molar-refractivity contribution in [1.29, 1.82) is 0 Å². The fourth-order valence-corrected chi connectivity index (χ4v) is 1.99. The summed E-state index contributed by atoms with van der Waals surface area (Å²) >= 11 is 2.08. The largest absolute Gasteiger partial charge is 0.469 e. The molecule has 0 aromatic heterocycles. The molecule has 1 aromatic rings. The molecule has 0 saturated heterocycles. The van der Waals surface area contributed by atoms with Crippen molar-refractivity contribution in [3.8, 4) is 0 Å². The van der Waals surface area contributed by atoms with Gasteiger partial charge in [-0.25, -0.2) is 0 Å². The van der Waals surface area contributed by atoms with Crippen molar-refractivity contribution in [2.45, 2.75) is 12.8 Å². The van der Waals surface area contributed by atoms with Crippen molar-refractivity contribution >= 4 is 40.2 Å². The van der Waals surface area contributed by atoms with E-state index < -0.39 is 0 Å². The van der Waals surface area contributed by atoms with Gasteiger partial charge in [-0.05, 0) is 45.9 Å². The summed E-state index contributed by atoms with van der Waals surface area (Å²) in [5, 5.41) is 0. The van der Waals surface area contributed by atoms with E-state index in [2.05, 4.69) is 32.1 Å². The highest BCUT2D eigenvalue weighted by atomic mass is 127. The highest BCUT2D eigenvalue weighted by Crippen LogP contribution is 2.22. The Labute approximate surface area is 119 Å². The van der Waals surface area contributed by atoms with Crippen molar-refractivity contribution < 1.29 is 19.1 Å². The summed E-state index contributed by atoms with van der Waals surface area (Å²) in [5.41, 5.74) is 7.78. The van der Waals surface area contributed by atoms with E-state index in [-0.39, 0.29) is 24.8 Å². The zero-order valence-corrected chi connectivity index (χ0v) is 12.3. The van der Waals surface area contributed by atoms with Gasteiger partial charge in [-0.1, -0.05) is 0 Å². The molecular formula is C12H14INO4. The third kappa shape index (κ3) is 3.86. The Hall–Kier alpha value is -1.31. The number of esters is 2. The molecule has 0 amide bonds. The van der Waals surface area contributed by atoms with Gasteiger partial charge < -0.3 is 15.2 Å². The highest BCUT2D eigenvalue weighted by molar-refractivity contribution is 14.1. The van der Waals surface area contributed by atoms with Gasteiger partial charge in [0.15, 0.2) is 0 Å². The van der Waals surface area contributed by atoms with Crippen LogP contribution >= 0.6 is 22.6 Å². The SMILES string of the molecule is COC(=O)Cc1cc(N)c(I)cc1CC(=O)OC. The Morgan fingerprint density at radius 1 is 1.11 bits per heavy atom. The van der Waals surface area contributed by atoms with Crippen molar-refractivity contribution in [2.24, 2.45) is 0 Å². The summed E-state index contributed by atoms with van der Waals surface area (Å²) in [6.45, 7) is 0. The Bertz CT molecular complexity index is 430. The number of hydrogen-bond acceptors (Lipinski definition) is 5. The second kappa shape index (κ2) is 6.58. The number of halogens is 1. The normalized spacial score (nSPS) is 9.94. The molecule has 0 radical (unpaired) electrons. The van der Waals surface area contributed by atoms with E-state index in [1.807, 2.05) is 0 Å². The first-order valence-corrected chi connectivity index (χ1v) is 6.26.